The van der Waals surface area contributed by atoms with E-state index in [0.717, 1.165) is 0 Å². The molecule has 0 amide bonds. The molecule has 13 heteroatoms. The minimum absolute atomic E-state index is 0.396. The molecular weight excluding hydrogens is 331 g/mol. The van der Waals surface area contributed by atoms with Crippen LogP contribution >= 0.6 is 7.60 Å². The van der Waals surface area contributed by atoms with Crippen LogP contribution in [0.3, 0.4) is 0 Å². The molecule has 0 spiro atoms. The molecule has 0 unspecified atom stereocenters. The predicted octanol–water partition coefficient (Wildman–Crippen LogP) is 2.96. The molecule has 20 heavy (non-hydrogen) atoms. The van der Waals surface area contributed by atoms with Crippen molar-refractivity contribution in [2.75, 3.05) is 14.2 Å². The molecule has 0 radical (unpaired) electrons. The van der Waals surface area contributed by atoms with Crippen LogP contribution in [0.2, 0.25) is 0 Å². The molecule has 122 valence electrons. The predicted molar refractivity (Wildman–Crippen MR) is 48.5 cm³/mol. The standard InChI is InChI=1S/C7H9F8O4P/c1-18-20(17,19-2)4(16)6(12,13)7(14,15)5(10,11)3(8)9/h3-4,16H,1-2H3/t4-/m0/s1. The molecule has 0 aromatic heterocycles. The molecule has 0 heterocycles. The summed E-state index contributed by atoms with van der Waals surface area (Å²) in [5.41, 5.74) is 0. The van der Waals surface area contributed by atoms with Crippen LogP contribution in [0.5, 0.6) is 0 Å². The van der Waals surface area contributed by atoms with Gasteiger partial charge in [-0.15, -0.1) is 0 Å². The van der Waals surface area contributed by atoms with Gasteiger partial charge in [0.25, 0.3) is 0 Å². The molecule has 0 saturated heterocycles. The number of hydrogen-bond donors (Lipinski definition) is 1. The van der Waals surface area contributed by atoms with Crippen molar-refractivity contribution in [3.63, 3.8) is 0 Å². The van der Waals surface area contributed by atoms with E-state index in [2.05, 4.69) is 9.05 Å². The Bertz CT molecular complexity index is 379. The van der Waals surface area contributed by atoms with Gasteiger partial charge in [0, 0.05) is 14.2 Å². The lowest BCUT2D eigenvalue weighted by molar-refractivity contribution is -0.349. The van der Waals surface area contributed by atoms with E-state index in [1.165, 1.54) is 0 Å². The van der Waals surface area contributed by atoms with Crippen LogP contribution in [0.15, 0.2) is 0 Å². The topological polar surface area (TPSA) is 55.8 Å². The minimum atomic E-state index is -6.71. The van der Waals surface area contributed by atoms with Crippen molar-refractivity contribution < 1.29 is 53.8 Å². The number of aliphatic hydroxyl groups is 1. The van der Waals surface area contributed by atoms with E-state index in [9.17, 15) is 39.7 Å². The SMILES string of the molecule is COP(=O)(OC)[C@H](O)C(F)(F)C(F)(F)C(F)(F)C(F)F. The maximum Gasteiger partial charge on any atom is 0.381 e. The molecule has 0 aliphatic rings. The van der Waals surface area contributed by atoms with Gasteiger partial charge in [0.05, 0.1) is 0 Å². The van der Waals surface area contributed by atoms with Gasteiger partial charge in [-0.2, -0.15) is 26.3 Å². The van der Waals surface area contributed by atoms with Gasteiger partial charge in [-0.25, -0.2) is 8.78 Å². The Labute approximate surface area is 107 Å². The maximum absolute atomic E-state index is 13.2. The third-order valence-corrected chi connectivity index (χ3v) is 4.19. The second-order valence-corrected chi connectivity index (χ2v) is 5.70. The summed E-state index contributed by atoms with van der Waals surface area (Å²) in [6, 6.07) is 0. The van der Waals surface area contributed by atoms with Crippen molar-refractivity contribution in [1.29, 1.82) is 0 Å². The van der Waals surface area contributed by atoms with Gasteiger partial charge in [0.1, 0.15) is 0 Å². The highest BCUT2D eigenvalue weighted by Crippen LogP contribution is 2.61. The Balaban J connectivity index is 5.80. The van der Waals surface area contributed by atoms with E-state index >= 15 is 0 Å². The summed E-state index contributed by atoms with van der Waals surface area (Å²) < 4.78 is 120. The summed E-state index contributed by atoms with van der Waals surface area (Å²) in [5.74, 6) is -23.5. The van der Waals surface area contributed by atoms with Crippen LogP contribution in [0.25, 0.3) is 0 Å². The zero-order chi connectivity index (χ0) is 16.6. The van der Waals surface area contributed by atoms with Crippen molar-refractivity contribution in [3.8, 4) is 0 Å². The normalized spacial score (nSPS) is 16.6. The first-order valence-electron chi connectivity index (χ1n) is 4.53. The monoisotopic (exact) mass is 340 g/mol. The first-order valence-corrected chi connectivity index (χ1v) is 6.14. The van der Waals surface area contributed by atoms with Crippen molar-refractivity contribution in [3.05, 3.63) is 0 Å². The zero-order valence-corrected chi connectivity index (χ0v) is 10.7. The van der Waals surface area contributed by atoms with Gasteiger partial charge in [-0.05, 0) is 0 Å². The molecule has 4 nitrogen and oxygen atoms in total. The molecule has 0 bridgehead atoms. The number of alkyl halides is 8. The van der Waals surface area contributed by atoms with Crippen molar-refractivity contribution in [2.24, 2.45) is 0 Å². The zero-order valence-electron chi connectivity index (χ0n) is 9.80. The van der Waals surface area contributed by atoms with Gasteiger partial charge in [-0.1, -0.05) is 0 Å². The fraction of sp³-hybridized carbons (Fsp3) is 1.00. The molecule has 0 aromatic carbocycles. The molecule has 0 aliphatic carbocycles. The average molecular weight is 340 g/mol. The number of hydrogen-bond acceptors (Lipinski definition) is 4. The highest BCUT2D eigenvalue weighted by atomic mass is 31.2. The molecular formula is C7H9F8O4P. The molecule has 0 saturated carbocycles. The number of halogens is 8. The fourth-order valence-corrected chi connectivity index (χ4v) is 2.10. The minimum Gasteiger partial charge on any atom is -0.376 e. The highest BCUT2D eigenvalue weighted by Gasteiger charge is 2.79. The van der Waals surface area contributed by atoms with Crippen molar-refractivity contribution in [1.82, 2.24) is 0 Å². The van der Waals surface area contributed by atoms with Crippen LogP contribution in [-0.4, -0.2) is 49.4 Å². The van der Waals surface area contributed by atoms with Crippen LogP contribution in [-0.2, 0) is 13.6 Å². The van der Waals surface area contributed by atoms with Gasteiger partial charge in [0.15, 0.2) is 0 Å². The lowest BCUT2D eigenvalue weighted by atomic mass is 10.1. The lowest BCUT2D eigenvalue weighted by Crippen LogP contribution is -2.61. The second-order valence-electron chi connectivity index (χ2n) is 3.40. The molecule has 1 N–H and O–H groups in total. The van der Waals surface area contributed by atoms with Crippen LogP contribution in [0, 0.1) is 0 Å². The van der Waals surface area contributed by atoms with Crippen LogP contribution < -0.4 is 0 Å². The third-order valence-electron chi connectivity index (χ3n) is 2.24. The van der Waals surface area contributed by atoms with Crippen LogP contribution in [0.1, 0.15) is 0 Å². The van der Waals surface area contributed by atoms with Crippen molar-refractivity contribution >= 4 is 7.60 Å². The molecule has 0 aromatic rings. The summed E-state index contributed by atoms with van der Waals surface area (Å²) in [5, 5.41) is 8.86. The Morgan fingerprint density at radius 3 is 1.55 bits per heavy atom. The largest absolute Gasteiger partial charge is 0.381 e. The van der Waals surface area contributed by atoms with E-state index in [1.807, 2.05) is 0 Å². The summed E-state index contributed by atoms with van der Waals surface area (Å²) >= 11 is 0. The van der Waals surface area contributed by atoms with Gasteiger partial charge in [-0.3, -0.25) is 4.57 Å². The quantitative estimate of drug-likeness (QED) is 0.572. The number of aliphatic hydroxyl groups excluding tert-OH is 1. The van der Waals surface area contributed by atoms with E-state index in [-0.39, 0.29) is 0 Å². The molecule has 0 aliphatic heterocycles. The van der Waals surface area contributed by atoms with E-state index in [1.54, 1.807) is 0 Å². The summed E-state index contributed by atoms with van der Waals surface area (Å²) in [4.78, 5) is 0. The highest BCUT2D eigenvalue weighted by molar-refractivity contribution is 7.54. The van der Waals surface area contributed by atoms with E-state index < -0.39 is 37.6 Å². The van der Waals surface area contributed by atoms with Crippen LogP contribution in [0.4, 0.5) is 35.1 Å². The lowest BCUT2D eigenvalue weighted by Gasteiger charge is -2.35. The third kappa shape index (κ3) is 2.78. The average Bonchev–Trinajstić information content (AvgIpc) is 2.36. The van der Waals surface area contributed by atoms with Crippen molar-refractivity contribution in [2.45, 2.75) is 30.0 Å². The Hall–Kier alpha value is -0.450. The smallest absolute Gasteiger partial charge is 0.376 e. The Morgan fingerprint density at radius 2 is 1.30 bits per heavy atom. The summed E-state index contributed by atoms with van der Waals surface area (Å²) in [6.07, 6.45) is -5.15. The molecule has 0 fully saturated rings. The van der Waals surface area contributed by atoms with E-state index in [4.69, 9.17) is 5.11 Å². The molecule has 1 atom stereocenters. The van der Waals surface area contributed by atoms with Gasteiger partial charge < -0.3 is 14.2 Å². The fourth-order valence-electron chi connectivity index (χ4n) is 0.994. The maximum atomic E-state index is 13.2. The van der Waals surface area contributed by atoms with E-state index in [0.29, 0.717) is 14.2 Å². The Morgan fingerprint density at radius 1 is 0.950 bits per heavy atom. The summed E-state index contributed by atoms with van der Waals surface area (Å²) in [7, 11) is -4.55. The number of rotatable bonds is 7. The molecule has 0 rings (SSSR count). The Kier molecular flexibility index (Phi) is 5.61. The van der Waals surface area contributed by atoms with Gasteiger partial charge in [0.2, 0.25) is 5.85 Å². The van der Waals surface area contributed by atoms with Gasteiger partial charge >= 0.3 is 31.8 Å². The first kappa shape index (κ1) is 19.6. The second kappa shape index (κ2) is 5.74. The summed E-state index contributed by atoms with van der Waals surface area (Å²) in [6.45, 7) is 0. The first-order chi connectivity index (χ1) is 8.72.